The first-order chi connectivity index (χ1) is 17.1. The third kappa shape index (κ3) is 6.41. The number of aromatic hydroxyl groups is 1. The molecular formula is C27H37BrO8. The van der Waals surface area contributed by atoms with Gasteiger partial charge in [0.05, 0.1) is 31.7 Å². The number of hydrogen-bond acceptors (Lipinski definition) is 8. The Kier molecular flexibility index (Phi) is 8.64. The highest BCUT2D eigenvalue weighted by Crippen LogP contribution is 2.52. The lowest BCUT2D eigenvalue weighted by Gasteiger charge is -2.56. The summed E-state index contributed by atoms with van der Waals surface area (Å²) in [5.74, 6) is -1.71. The van der Waals surface area contributed by atoms with E-state index in [-0.39, 0.29) is 42.3 Å². The van der Waals surface area contributed by atoms with Crippen LogP contribution in [0.4, 0.5) is 0 Å². The van der Waals surface area contributed by atoms with Crippen LogP contribution < -0.4 is 0 Å². The zero-order valence-corrected chi connectivity index (χ0v) is 22.6. The SMILES string of the molecule is CC1(C)CC[C@@H]2CC(=O)O[C@@H](CO)CC(=O)O[C@@H]3C[C@@H](CCCCc4cc(O)ccc4Br)O[C@@]1(C3)O2. The quantitative estimate of drug-likeness (QED) is 0.379. The van der Waals surface area contributed by atoms with Crippen LogP contribution in [0.15, 0.2) is 22.7 Å². The molecule has 0 unspecified atom stereocenters. The Balaban J connectivity index is 1.48. The Bertz CT molecular complexity index is 946. The summed E-state index contributed by atoms with van der Waals surface area (Å²) in [5.41, 5.74) is 0.725. The number of halogens is 1. The van der Waals surface area contributed by atoms with E-state index in [1.165, 1.54) is 0 Å². The summed E-state index contributed by atoms with van der Waals surface area (Å²) >= 11 is 3.54. The van der Waals surface area contributed by atoms with Crippen molar-refractivity contribution in [3.63, 3.8) is 0 Å². The molecule has 1 spiro atoms. The summed E-state index contributed by atoms with van der Waals surface area (Å²) in [6.45, 7) is 3.78. The molecule has 0 aliphatic carbocycles. The van der Waals surface area contributed by atoms with Crippen LogP contribution in [0.2, 0.25) is 0 Å². The molecule has 4 rings (SSSR count). The molecule has 2 N–H and O–H groups in total. The lowest BCUT2D eigenvalue weighted by Crippen LogP contribution is -2.61. The summed E-state index contributed by atoms with van der Waals surface area (Å²) in [7, 11) is 0. The van der Waals surface area contributed by atoms with Crippen LogP contribution in [0.3, 0.4) is 0 Å². The van der Waals surface area contributed by atoms with E-state index in [1.54, 1.807) is 12.1 Å². The number of fused-ring (bicyclic) bond motifs is 2. The maximum atomic E-state index is 12.7. The molecule has 5 atom stereocenters. The number of aliphatic hydroxyl groups is 1. The number of phenolic OH excluding ortho intramolecular Hbond substituents is 1. The first-order valence-corrected chi connectivity index (χ1v) is 13.7. The van der Waals surface area contributed by atoms with Crippen molar-refractivity contribution in [3.8, 4) is 5.75 Å². The molecule has 1 aromatic carbocycles. The van der Waals surface area contributed by atoms with Gasteiger partial charge in [0.2, 0.25) is 0 Å². The number of phenols is 1. The van der Waals surface area contributed by atoms with Crippen LogP contribution in [0.1, 0.15) is 77.2 Å². The number of esters is 2. The van der Waals surface area contributed by atoms with Crippen molar-refractivity contribution in [2.45, 2.75) is 108 Å². The number of carbonyl (C=O) groups excluding carboxylic acids is 2. The van der Waals surface area contributed by atoms with Gasteiger partial charge in [0.25, 0.3) is 0 Å². The third-order valence-corrected chi connectivity index (χ3v) is 8.47. The van der Waals surface area contributed by atoms with Crippen molar-refractivity contribution in [2.75, 3.05) is 6.61 Å². The second kappa shape index (κ2) is 11.4. The van der Waals surface area contributed by atoms with Gasteiger partial charge in [-0.05, 0) is 55.9 Å². The molecular weight excluding hydrogens is 532 g/mol. The number of cyclic esters (lactones) is 1. The highest BCUT2D eigenvalue weighted by Gasteiger charge is 2.57. The molecule has 0 radical (unpaired) electrons. The fourth-order valence-corrected chi connectivity index (χ4v) is 6.03. The largest absolute Gasteiger partial charge is 0.508 e. The summed E-state index contributed by atoms with van der Waals surface area (Å²) in [4.78, 5) is 25.1. The Labute approximate surface area is 220 Å². The van der Waals surface area contributed by atoms with Crippen molar-refractivity contribution < 1.29 is 38.7 Å². The molecule has 9 heteroatoms. The number of carbonyl (C=O) groups is 2. The van der Waals surface area contributed by atoms with Gasteiger partial charge in [0, 0.05) is 22.7 Å². The van der Waals surface area contributed by atoms with E-state index in [2.05, 4.69) is 29.8 Å². The van der Waals surface area contributed by atoms with E-state index in [0.717, 1.165) is 42.1 Å². The van der Waals surface area contributed by atoms with E-state index < -0.39 is 30.4 Å². The minimum Gasteiger partial charge on any atom is -0.508 e. The number of unbranched alkanes of at least 4 members (excludes halogenated alkanes) is 1. The number of ether oxygens (including phenoxy) is 4. The molecule has 3 aliphatic rings. The topological polar surface area (TPSA) is 112 Å². The molecule has 8 nitrogen and oxygen atoms in total. The maximum Gasteiger partial charge on any atom is 0.309 e. The van der Waals surface area contributed by atoms with Gasteiger partial charge >= 0.3 is 11.9 Å². The highest BCUT2D eigenvalue weighted by molar-refractivity contribution is 9.10. The number of aryl methyl sites for hydroxylation is 1. The molecule has 3 aliphatic heterocycles. The molecule has 0 aromatic heterocycles. The van der Waals surface area contributed by atoms with Gasteiger partial charge in [-0.2, -0.15) is 0 Å². The number of aliphatic hydroxyl groups excluding tert-OH is 1. The number of benzene rings is 1. The van der Waals surface area contributed by atoms with Crippen molar-refractivity contribution in [1.29, 1.82) is 0 Å². The number of hydrogen-bond donors (Lipinski definition) is 2. The summed E-state index contributed by atoms with van der Waals surface area (Å²) < 4.78 is 25.4. The monoisotopic (exact) mass is 568 g/mol. The summed E-state index contributed by atoms with van der Waals surface area (Å²) in [6.07, 6.45) is 3.94. The molecule has 0 saturated carbocycles. The molecule has 1 aromatic rings. The Morgan fingerprint density at radius 3 is 2.58 bits per heavy atom. The zero-order valence-electron chi connectivity index (χ0n) is 21.0. The minimum atomic E-state index is -0.964. The standard InChI is InChI=1S/C27H37BrO8/c1-26(2)10-9-20-13-24(31)34-22(16-29)14-25(32)33-21-12-19(35-27(26,15-21)36-20)6-4-3-5-17-11-18(30)7-8-23(17)28/h7-8,11,19-22,29-30H,3-6,9-10,12-16H2,1-2H3/t19-,20-,21-,22-,27+/m1/s1. The van der Waals surface area contributed by atoms with Crippen LogP contribution in [0.5, 0.6) is 5.75 Å². The lowest BCUT2D eigenvalue weighted by atomic mass is 9.71. The van der Waals surface area contributed by atoms with Crippen LogP contribution in [-0.4, -0.2) is 59.0 Å². The highest BCUT2D eigenvalue weighted by atomic mass is 79.9. The smallest absolute Gasteiger partial charge is 0.309 e. The Morgan fingerprint density at radius 1 is 1.03 bits per heavy atom. The van der Waals surface area contributed by atoms with Gasteiger partial charge in [-0.3, -0.25) is 9.59 Å². The van der Waals surface area contributed by atoms with Crippen molar-refractivity contribution in [3.05, 3.63) is 28.2 Å². The minimum absolute atomic E-state index is 0.0564. The molecule has 3 saturated heterocycles. The molecule has 36 heavy (non-hydrogen) atoms. The van der Waals surface area contributed by atoms with Crippen LogP contribution in [0, 0.1) is 5.41 Å². The molecule has 3 heterocycles. The van der Waals surface area contributed by atoms with E-state index in [4.69, 9.17) is 18.9 Å². The fourth-order valence-electron chi connectivity index (χ4n) is 5.59. The van der Waals surface area contributed by atoms with E-state index in [0.29, 0.717) is 19.3 Å². The second-order valence-corrected chi connectivity index (χ2v) is 11.8. The third-order valence-electron chi connectivity index (χ3n) is 7.70. The van der Waals surface area contributed by atoms with Gasteiger partial charge in [0.1, 0.15) is 18.0 Å². The zero-order chi connectivity index (χ0) is 25.9. The average Bonchev–Trinajstić information content (AvgIpc) is 2.80. The van der Waals surface area contributed by atoms with Gasteiger partial charge in [-0.1, -0.05) is 36.2 Å². The first kappa shape index (κ1) is 27.4. The van der Waals surface area contributed by atoms with Gasteiger partial charge in [-0.25, -0.2) is 0 Å². The average molecular weight is 569 g/mol. The fraction of sp³-hybridized carbons (Fsp3) is 0.704. The first-order valence-electron chi connectivity index (χ1n) is 12.9. The van der Waals surface area contributed by atoms with E-state index >= 15 is 0 Å². The van der Waals surface area contributed by atoms with E-state index in [1.807, 2.05) is 6.07 Å². The van der Waals surface area contributed by atoms with Crippen LogP contribution in [0.25, 0.3) is 0 Å². The van der Waals surface area contributed by atoms with Gasteiger partial charge in [0.15, 0.2) is 5.79 Å². The lowest BCUT2D eigenvalue weighted by molar-refractivity contribution is -0.373. The predicted molar refractivity (Wildman–Crippen MR) is 134 cm³/mol. The summed E-state index contributed by atoms with van der Waals surface area (Å²) in [5, 5.41) is 19.4. The van der Waals surface area contributed by atoms with Crippen LogP contribution in [-0.2, 0) is 35.0 Å². The van der Waals surface area contributed by atoms with Crippen molar-refractivity contribution in [1.82, 2.24) is 0 Å². The van der Waals surface area contributed by atoms with Crippen molar-refractivity contribution >= 4 is 27.9 Å². The number of rotatable bonds is 6. The Morgan fingerprint density at radius 2 is 1.81 bits per heavy atom. The van der Waals surface area contributed by atoms with E-state index in [9.17, 15) is 19.8 Å². The molecule has 0 amide bonds. The molecule has 3 fully saturated rings. The molecule has 3 bridgehead atoms. The maximum absolute atomic E-state index is 12.7. The normalized spacial score (nSPS) is 32.6. The summed E-state index contributed by atoms with van der Waals surface area (Å²) in [6, 6.07) is 5.28. The molecule has 200 valence electrons. The van der Waals surface area contributed by atoms with Crippen LogP contribution >= 0.6 is 15.9 Å². The van der Waals surface area contributed by atoms with Gasteiger partial charge < -0.3 is 29.2 Å². The second-order valence-electron chi connectivity index (χ2n) is 10.9. The van der Waals surface area contributed by atoms with Crippen molar-refractivity contribution in [2.24, 2.45) is 5.41 Å². The van der Waals surface area contributed by atoms with Gasteiger partial charge in [-0.15, -0.1) is 0 Å². The Hall–Kier alpha value is -1.68. The predicted octanol–water partition coefficient (Wildman–Crippen LogP) is 4.56.